The van der Waals surface area contributed by atoms with Gasteiger partial charge < -0.3 is 14.5 Å². The van der Waals surface area contributed by atoms with Gasteiger partial charge >= 0.3 is 0 Å². The number of nitrogens with zero attached hydrogens (tertiary/aromatic N) is 3. The third-order valence-corrected chi connectivity index (χ3v) is 6.44. The van der Waals surface area contributed by atoms with Gasteiger partial charge in [0, 0.05) is 37.9 Å². The summed E-state index contributed by atoms with van der Waals surface area (Å²) in [5.74, 6) is 1.81. The number of halogens is 2. The molecular weight excluding hydrogens is 522 g/mol. The van der Waals surface area contributed by atoms with E-state index < -0.39 is 0 Å². The van der Waals surface area contributed by atoms with E-state index in [0.717, 1.165) is 44.7 Å². The second-order valence-electron chi connectivity index (χ2n) is 7.51. The highest BCUT2D eigenvalue weighted by Gasteiger charge is 2.22. The summed E-state index contributed by atoms with van der Waals surface area (Å²) in [5, 5.41) is 0. The maximum atomic E-state index is 12.9. The van der Waals surface area contributed by atoms with E-state index >= 15 is 0 Å². The van der Waals surface area contributed by atoms with Crippen molar-refractivity contribution in [1.82, 2.24) is 9.88 Å². The predicted octanol–water partition coefficient (Wildman–Crippen LogP) is 5.46. The molecule has 1 saturated heterocycles. The number of pyridine rings is 1. The molecule has 0 atom stereocenters. The van der Waals surface area contributed by atoms with Gasteiger partial charge in [0.15, 0.2) is 0 Å². The number of hydrogen-bond donors (Lipinski definition) is 0. The predicted molar refractivity (Wildman–Crippen MR) is 130 cm³/mol. The van der Waals surface area contributed by atoms with E-state index in [1.54, 1.807) is 6.20 Å². The molecule has 0 bridgehead atoms. The van der Waals surface area contributed by atoms with Crippen LogP contribution in [0.4, 0.5) is 5.82 Å². The van der Waals surface area contributed by atoms with Gasteiger partial charge in [0.1, 0.15) is 18.2 Å². The zero-order valence-electron chi connectivity index (χ0n) is 17.2. The molecule has 0 N–H and O–H groups in total. The third kappa shape index (κ3) is 5.28. The van der Waals surface area contributed by atoms with Crippen molar-refractivity contribution in [2.45, 2.75) is 13.5 Å². The molecule has 0 aliphatic carbocycles. The zero-order valence-corrected chi connectivity index (χ0v) is 20.4. The van der Waals surface area contributed by atoms with E-state index in [0.29, 0.717) is 25.3 Å². The molecule has 160 valence electrons. The fraction of sp³-hybridized carbons (Fsp3) is 0.250. The summed E-state index contributed by atoms with van der Waals surface area (Å²) >= 11 is 7.11. The number of carbonyl (C=O) groups is 1. The zero-order chi connectivity index (χ0) is 21.8. The molecule has 3 aromatic rings. The van der Waals surface area contributed by atoms with Crippen LogP contribution in [0.25, 0.3) is 0 Å². The van der Waals surface area contributed by atoms with Crippen molar-refractivity contribution in [1.29, 1.82) is 0 Å². The average molecular weight is 545 g/mol. The molecule has 5 nitrogen and oxygen atoms in total. The molecule has 1 aromatic heterocycles. The van der Waals surface area contributed by atoms with Crippen LogP contribution < -0.4 is 9.64 Å². The van der Waals surface area contributed by atoms with Crippen molar-refractivity contribution in [3.05, 3.63) is 86.4 Å². The van der Waals surface area contributed by atoms with Crippen LogP contribution in [-0.2, 0) is 6.61 Å². The molecule has 2 aromatic carbocycles. The van der Waals surface area contributed by atoms with Gasteiger partial charge in [0.25, 0.3) is 5.91 Å². The Morgan fingerprint density at radius 2 is 1.68 bits per heavy atom. The number of anilines is 1. The van der Waals surface area contributed by atoms with Gasteiger partial charge in [-0.3, -0.25) is 4.79 Å². The first-order valence-electron chi connectivity index (χ1n) is 10.1. The van der Waals surface area contributed by atoms with Crippen molar-refractivity contribution >= 4 is 43.6 Å². The molecule has 1 amide bonds. The fourth-order valence-corrected chi connectivity index (χ4v) is 5.23. The lowest BCUT2D eigenvalue weighted by atomic mass is 10.1. The maximum Gasteiger partial charge on any atom is 0.253 e. The first-order chi connectivity index (χ1) is 15.0. The fourth-order valence-electron chi connectivity index (χ4n) is 3.59. The van der Waals surface area contributed by atoms with Crippen LogP contribution in [0.1, 0.15) is 21.5 Å². The summed E-state index contributed by atoms with van der Waals surface area (Å²) < 4.78 is 7.80. The minimum absolute atomic E-state index is 0.0668. The van der Waals surface area contributed by atoms with Gasteiger partial charge in [0.05, 0.1) is 8.95 Å². The van der Waals surface area contributed by atoms with E-state index in [2.05, 4.69) is 41.7 Å². The van der Waals surface area contributed by atoms with Gasteiger partial charge in [-0.1, -0.05) is 18.2 Å². The number of piperazine rings is 1. The number of aromatic nitrogens is 1. The van der Waals surface area contributed by atoms with E-state index in [1.807, 2.05) is 66.4 Å². The van der Waals surface area contributed by atoms with Crippen LogP contribution in [0.15, 0.2) is 69.7 Å². The minimum atomic E-state index is 0.0668. The van der Waals surface area contributed by atoms with E-state index in [4.69, 9.17) is 4.74 Å². The summed E-state index contributed by atoms with van der Waals surface area (Å²) in [7, 11) is 0. The quantitative estimate of drug-likeness (QED) is 0.428. The normalized spacial score (nSPS) is 13.9. The van der Waals surface area contributed by atoms with Crippen molar-refractivity contribution < 1.29 is 9.53 Å². The monoisotopic (exact) mass is 543 g/mol. The number of ether oxygens (including phenoxy) is 1. The van der Waals surface area contributed by atoms with Crippen LogP contribution in [0.2, 0.25) is 0 Å². The average Bonchev–Trinajstić information content (AvgIpc) is 2.79. The Bertz CT molecular complexity index is 1030. The van der Waals surface area contributed by atoms with Crippen molar-refractivity contribution in [3.63, 3.8) is 0 Å². The topological polar surface area (TPSA) is 45.7 Å². The van der Waals surface area contributed by atoms with Gasteiger partial charge in [-0.05, 0) is 86.3 Å². The van der Waals surface area contributed by atoms with Crippen LogP contribution in [0.5, 0.6) is 5.75 Å². The number of benzene rings is 2. The van der Waals surface area contributed by atoms with E-state index in [9.17, 15) is 4.79 Å². The highest BCUT2D eigenvalue weighted by Crippen LogP contribution is 2.35. The molecule has 7 heteroatoms. The Hall–Kier alpha value is -2.38. The van der Waals surface area contributed by atoms with Gasteiger partial charge in [0.2, 0.25) is 0 Å². The Morgan fingerprint density at radius 1 is 1.00 bits per heavy atom. The summed E-state index contributed by atoms with van der Waals surface area (Å²) in [5.41, 5.74) is 2.86. The Kier molecular flexibility index (Phi) is 6.92. The molecule has 1 aliphatic heterocycles. The molecule has 4 rings (SSSR count). The van der Waals surface area contributed by atoms with Gasteiger partial charge in [-0.25, -0.2) is 4.98 Å². The highest BCUT2D eigenvalue weighted by molar-refractivity contribution is 9.11. The lowest BCUT2D eigenvalue weighted by molar-refractivity contribution is 0.0746. The molecule has 1 aliphatic rings. The van der Waals surface area contributed by atoms with Crippen molar-refractivity contribution in [2.24, 2.45) is 0 Å². The Morgan fingerprint density at radius 3 is 2.29 bits per heavy atom. The van der Waals surface area contributed by atoms with Crippen molar-refractivity contribution in [3.8, 4) is 5.75 Å². The minimum Gasteiger partial charge on any atom is -0.487 e. The molecule has 0 saturated carbocycles. The molecule has 0 radical (unpaired) electrons. The number of aryl methyl sites for hydroxylation is 1. The molecule has 1 fully saturated rings. The first kappa shape index (κ1) is 21.8. The summed E-state index contributed by atoms with van der Waals surface area (Å²) in [4.78, 5) is 21.4. The van der Waals surface area contributed by atoms with Crippen LogP contribution in [-0.4, -0.2) is 42.0 Å². The second kappa shape index (κ2) is 9.83. The van der Waals surface area contributed by atoms with Gasteiger partial charge in [-0.15, -0.1) is 0 Å². The van der Waals surface area contributed by atoms with Crippen molar-refractivity contribution in [2.75, 3.05) is 31.1 Å². The maximum absolute atomic E-state index is 12.9. The second-order valence-corrected chi connectivity index (χ2v) is 9.22. The largest absolute Gasteiger partial charge is 0.487 e. The molecule has 2 heterocycles. The number of carbonyl (C=O) groups excluding carboxylic acids is 1. The number of rotatable bonds is 5. The lowest BCUT2D eigenvalue weighted by Crippen LogP contribution is -2.49. The van der Waals surface area contributed by atoms with E-state index in [1.165, 1.54) is 0 Å². The van der Waals surface area contributed by atoms with Gasteiger partial charge in [-0.2, -0.15) is 0 Å². The Balaban J connectivity index is 1.34. The molecule has 0 unspecified atom stereocenters. The van der Waals surface area contributed by atoms with E-state index in [-0.39, 0.29) is 5.91 Å². The highest BCUT2D eigenvalue weighted by atomic mass is 79.9. The Labute approximate surface area is 199 Å². The van der Waals surface area contributed by atoms with Crippen LogP contribution >= 0.6 is 31.9 Å². The molecule has 0 spiro atoms. The lowest BCUT2D eigenvalue weighted by Gasteiger charge is -2.35. The SMILES string of the molecule is Cc1cc(Br)c(OCc2ccc(C(=O)N3CCN(c4ccccn4)CC3)cc2)c(Br)c1. The standard InChI is InChI=1S/C24H23Br2N3O2/c1-17-14-20(25)23(21(26)15-17)31-16-18-5-7-19(8-6-18)24(30)29-12-10-28(11-13-29)22-4-2-3-9-27-22/h2-9,14-15H,10-13,16H2,1H3. The number of hydrogen-bond acceptors (Lipinski definition) is 4. The first-order valence-corrected chi connectivity index (χ1v) is 11.7. The molecular formula is C24H23Br2N3O2. The summed E-state index contributed by atoms with van der Waals surface area (Å²) in [6.07, 6.45) is 1.80. The smallest absolute Gasteiger partial charge is 0.253 e. The van der Waals surface area contributed by atoms with Crippen LogP contribution in [0.3, 0.4) is 0 Å². The summed E-state index contributed by atoms with van der Waals surface area (Å²) in [6.45, 7) is 5.42. The number of amides is 1. The molecule has 31 heavy (non-hydrogen) atoms. The third-order valence-electron chi connectivity index (χ3n) is 5.27. The summed E-state index contributed by atoms with van der Waals surface area (Å²) in [6, 6.07) is 17.6. The van der Waals surface area contributed by atoms with Crippen LogP contribution in [0, 0.1) is 6.92 Å².